The van der Waals surface area contributed by atoms with E-state index < -0.39 is 0 Å². The quantitative estimate of drug-likeness (QED) is 0.919. The highest BCUT2D eigenvalue weighted by atomic mass is 16.5. The van der Waals surface area contributed by atoms with E-state index in [1.165, 1.54) is 12.0 Å². The molecule has 0 atom stereocenters. The van der Waals surface area contributed by atoms with E-state index in [0.29, 0.717) is 5.75 Å². The summed E-state index contributed by atoms with van der Waals surface area (Å²) in [6.07, 6.45) is 2.29. The maximum absolute atomic E-state index is 9.56. The van der Waals surface area contributed by atoms with Gasteiger partial charge in [-0.3, -0.25) is 4.90 Å². The lowest BCUT2D eigenvalue weighted by atomic mass is 10.0. The Balaban J connectivity index is 1.53. The Bertz CT molecular complexity index is 589. The topological polar surface area (TPSA) is 32.7 Å². The number of aryl methyl sites for hydroxylation is 1. The fourth-order valence-corrected chi connectivity index (χ4v) is 2.88. The second-order valence-corrected chi connectivity index (χ2v) is 5.80. The van der Waals surface area contributed by atoms with Crippen molar-refractivity contribution in [3.05, 3.63) is 54.1 Å². The van der Waals surface area contributed by atoms with E-state index in [4.69, 9.17) is 4.74 Å². The van der Waals surface area contributed by atoms with E-state index in [0.717, 1.165) is 50.4 Å². The smallest absolute Gasteiger partial charge is 0.116 e. The summed E-state index contributed by atoms with van der Waals surface area (Å²) in [5, 5.41) is 9.56. The minimum Gasteiger partial charge on any atom is -0.508 e. The maximum atomic E-state index is 9.56. The van der Waals surface area contributed by atoms with Crippen molar-refractivity contribution < 1.29 is 9.84 Å². The summed E-state index contributed by atoms with van der Waals surface area (Å²) >= 11 is 0. The van der Waals surface area contributed by atoms with Crippen molar-refractivity contribution in [1.82, 2.24) is 4.90 Å². The molecule has 116 valence electrons. The molecule has 0 amide bonds. The van der Waals surface area contributed by atoms with Crippen LogP contribution in [0.15, 0.2) is 48.5 Å². The number of hydrogen-bond donors (Lipinski definition) is 1. The molecule has 1 aliphatic rings. The van der Waals surface area contributed by atoms with Crippen LogP contribution in [0.25, 0.3) is 11.1 Å². The van der Waals surface area contributed by atoms with Crippen LogP contribution >= 0.6 is 0 Å². The number of phenolic OH excluding ortho intramolecular Hbond substituents is 1. The summed E-state index contributed by atoms with van der Waals surface area (Å²) in [5.74, 6) is 0.312. The Kier molecular flexibility index (Phi) is 5.09. The molecule has 0 spiro atoms. The van der Waals surface area contributed by atoms with E-state index >= 15 is 0 Å². The van der Waals surface area contributed by atoms with Gasteiger partial charge in [0, 0.05) is 13.1 Å². The first-order chi connectivity index (χ1) is 10.8. The van der Waals surface area contributed by atoms with Crippen LogP contribution in [-0.2, 0) is 11.2 Å². The Morgan fingerprint density at radius 2 is 1.73 bits per heavy atom. The van der Waals surface area contributed by atoms with Crippen molar-refractivity contribution in [2.24, 2.45) is 0 Å². The van der Waals surface area contributed by atoms with E-state index in [-0.39, 0.29) is 0 Å². The molecule has 3 heteroatoms. The molecular weight excluding hydrogens is 274 g/mol. The van der Waals surface area contributed by atoms with E-state index in [9.17, 15) is 5.11 Å². The van der Waals surface area contributed by atoms with Gasteiger partial charge in [-0.1, -0.05) is 36.4 Å². The maximum Gasteiger partial charge on any atom is 0.116 e. The van der Waals surface area contributed by atoms with Crippen LogP contribution in [0.4, 0.5) is 0 Å². The second kappa shape index (κ2) is 7.43. The van der Waals surface area contributed by atoms with Gasteiger partial charge in [-0.25, -0.2) is 0 Å². The molecule has 22 heavy (non-hydrogen) atoms. The molecule has 2 aromatic carbocycles. The summed E-state index contributed by atoms with van der Waals surface area (Å²) in [5.41, 5.74) is 3.57. The number of nitrogens with zero attached hydrogens (tertiary/aromatic N) is 1. The number of rotatable bonds is 5. The lowest BCUT2D eigenvalue weighted by Crippen LogP contribution is -2.36. The molecule has 1 fully saturated rings. The largest absolute Gasteiger partial charge is 0.508 e. The van der Waals surface area contributed by atoms with Gasteiger partial charge in [0.1, 0.15) is 5.75 Å². The van der Waals surface area contributed by atoms with Crippen molar-refractivity contribution in [2.75, 3.05) is 32.8 Å². The first-order valence-electron chi connectivity index (χ1n) is 8.00. The van der Waals surface area contributed by atoms with E-state index in [1.54, 1.807) is 12.1 Å². The van der Waals surface area contributed by atoms with E-state index in [2.05, 4.69) is 29.2 Å². The van der Waals surface area contributed by atoms with Crippen LogP contribution < -0.4 is 0 Å². The molecule has 1 heterocycles. The van der Waals surface area contributed by atoms with Crippen LogP contribution in [0, 0.1) is 0 Å². The fourth-order valence-electron chi connectivity index (χ4n) is 2.88. The van der Waals surface area contributed by atoms with Crippen molar-refractivity contribution >= 4 is 0 Å². The first kappa shape index (κ1) is 15.1. The Morgan fingerprint density at radius 1 is 0.955 bits per heavy atom. The van der Waals surface area contributed by atoms with Gasteiger partial charge in [0.15, 0.2) is 0 Å². The van der Waals surface area contributed by atoms with E-state index in [1.807, 2.05) is 12.1 Å². The third kappa shape index (κ3) is 4.09. The molecule has 0 bridgehead atoms. The predicted octanol–water partition coefficient (Wildman–Crippen LogP) is 3.32. The minimum absolute atomic E-state index is 0.312. The highest BCUT2D eigenvalue weighted by Gasteiger charge is 2.09. The van der Waals surface area contributed by atoms with Gasteiger partial charge in [0.25, 0.3) is 0 Å². The summed E-state index contributed by atoms with van der Waals surface area (Å²) in [6.45, 7) is 5.03. The molecule has 0 unspecified atom stereocenters. The van der Waals surface area contributed by atoms with Crippen LogP contribution in [0.1, 0.15) is 12.0 Å². The van der Waals surface area contributed by atoms with Crippen molar-refractivity contribution in [3.63, 3.8) is 0 Å². The number of phenols is 1. The highest BCUT2D eigenvalue weighted by Crippen LogP contribution is 2.23. The van der Waals surface area contributed by atoms with Gasteiger partial charge >= 0.3 is 0 Å². The molecule has 1 aliphatic heterocycles. The summed E-state index contributed by atoms with van der Waals surface area (Å²) < 4.78 is 5.37. The Morgan fingerprint density at radius 3 is 2.45 bits per heavy atom. The first-order valence-corrected chi connectivity index (χ1v) is 8.00. The number of morpholine rings is 1. The molecule has 0 aromatic heterocycles. The highest BCUT2D eigenvalue weighted by molar-refractivity contribution is 5.65. The standard InChI is InChI=1S/C19H23NO2/c21-19-5-1-4-18(15-19)17-8-6-16(7-9-17)3-2-10-20-11-13-22-14-12-20/h1,4-9,15,21H,2-3,10-14H2. The molecule has 1 saturated heterocycles. The third-order valence-electron chi connectivity index (χ3n) is 4.18. The second-order valence-electron chi connectivity index (χ2n) is 5.80. The average Bonchev–Trinajstić information content (AvgIpc) is 2.56. The molecule has 2 aromatic rings. The fraction of sp³-hybridized carbons (Fsp3) is 0.368. The van der Waals surface area contributed by atoms with Gasteiger partial charge in [0.05, 0.1) is 13.2 Å². The zero-order valence-electron chi connectivity index (χ0n) is 12.9. The average molecular weight is 297 g/mol. The lowest BCUT2D eigenvalue weighted by molar-refractivity contribution is 0.0375. The summed E-state index contributed by atoms with van der Waals surface area (Å²) in [6, 6.07) is 16.1. The molecule has 3 rings (SSSR count). The number of aromatic hydroxyl groups is 1. The zero-order valence-corrected chi connectivity index (χ0v) is 12.9. The normalized spacial score (nSPS) is 15.8. The molecule has 0 radical (unpaired) electrons. The molecular formula is C19H23NO2. The van der Waals surface area contributed by atoms with Crippen LogP contribution in [0.5, 0.6) is 5.75 Å². The van der Waals surface area contributed by atoms with Gasteiger partial charge in [0.2, 0.25) is 0 Å². The molecule has 0 aliphatic carbocycles. The number of benzene rings is 2. The number of hydrogen-bond acceptors (Lipinski definition) is 3. The van der Waals surface area contributed by atoms with Gasteiger partial charge in [-0.2, -0.15) is 0 Å². The Labute approximate surface area is 132 Å². The predicted molar refractivity (Wildman–Crippen MR) is 89.1 cm³/mol. The summed E-state index contributed by atoms with van der Waals surface area (Å²) in [4.78, 5) is 2.48. The van der Waals surface area contributed by atoms with Gasteiger partial charge in [-0.05, 0) is 48.2 Å². The monoisotopic (exact) mass is 297 g/mol. The Hall–Kier alpha value is -1.84. The molecule has 3 nitrogen and oxygen atoms in total. The molecule has 1 N–H and O–H groups in total. The van der Waals surface area contributed by atoms with Crippen molar-refractivity contribution in [3.8, 4) is 16.9 Å². The van der Waals surface area contributed by atoms with Gasteiger partial charge < -0.3 is 9.84 Å². The third-order valence-corrected chi connectivity index (χ3v) is 4.18. The van der Waals surface area contributed by atoms with Gasteiger partial charge in [-0.15, -0.1) is 0 Å². The lowest BCUT2D eigenvalue weighted by Gasteiger charge is -2.26. The van der Waals surface area contributed by atoms with Crippen molar-refractivity contribution in [1.29, 1.82) is 0 Å². The van der Waals surface area contributed by atoms with Crippen LogP contribution in [0.2, 0.25) is 0 Å². The SMILES string of the molecule is Oc1cccc(-c2ccc(CCCN3CCOCC3)cc2)c1. The minimum atomic E-state index is 0.312. The number of ether oxygens (including phenoxy) is 1. The van der Waals surface area contributed by atoms with Crippen molar-refractivity contribution in [2.45, 2.75) is 12.8 Å². The zero-order chi connectivity index (χ0) is 15.2. The van der Waals surface area contributed by atoms with Crippen LogP contribution in [-0.4, -0.2) is 42.9 Å². The molecule has 0 saturated carbocycles. The summed E-state index contributed by atoms with van der Waals surface area (Å²) in [7, 11) is 0. The van der Waals surface area contributed by atoms with Crippen LogP contribution in [0.3, 0.4) is 0 Å².